The van der Waals surface area contributed by atoms with E-state index in [1.807, 2.05) is 0 Å². The fourth-order valence-electron chi connectivity index (χ4n) is 2.04. The lowest BCUT2D eigenvalue weighted by Gasteiger charge is -2.31. The Morgan fingerprint density at radius 1 is 1.31 bits per heavy atom. The molecular formula is C12H24N2O2. The molecule has 0 heterocycles. The summed E-state index contributed by atoms with van der Waals surface area (Å²) in [6.45, 7) is 3.94. The molecule has 1 fully saturated rings. The first-order valence-corrected chi connectivity index (χ1v) is 6.13. The number of hydrogen-bond acceptors (Lipinski definition) is 3. The highest BCUT2D eigenvalue weighted by Crippen LogP contribution is 2.26. The second kappa shape index (κ2) is 5.15. The van der Waals surface area contributed by atoms with Crippen LogP contribution in [0.2, 0.25) is 0 Å². The minimum atomic E-state index is -0.748. The molecule has 0 saturated heterocycles. The van der Waals surface area contributed by atoms with Gasteiger partial charge in [-0.3, -0.25) is 4.79 Å². The Kier molecular flexibility index (Phi) is 4.33. The molecule has 0 atom stereocenters. The molecule has 1 rings (SSSR count). The van der Waals surface area contributed by atoms with Crippen LogP contribution in [-0.4, -0.2) is 28.7 Å². The molecule has 0 aliphatic heterocycles. The van der Waals surface area contributed by atoms with Gasteiger partial charge in [0.2, 0.25) is 5.91 Å². The van der Waals surface area contributed by atoms with Gasteiger partial charge in [0.1, 0.15) is 0 Å². The molecule has 0 bridgehead atoms. The third kappa shape index (κ3) is 3.76. The largest absolute Gasteiger partial charge is 0.389 e. The van der Waals surface area contributed by atoms with Gasteiger partial charge in [-0.2, -0.15) is 0 Å². The molecule has 4 heteroatoms. The van der Waals surface area contributed by atoms with Crippen molar-refractivity contribution in [2.75, 3.05) is 6.54 Å². The van der Waals surface area contributed by atoms with Crippen LogP contribution in [0.4, 0.5) is 0 Å². The van der Waals surface area contributed by atoms with Crippen molar-refractivity contribution in [3.63, 3.8) is 0 Å². The van der Waals surface area contributed by atoms with E-state index in [9.17, 15) is 9.90 Å². The van der Waals surface area contributed by atoms with Crippen LogP contribution < -0.4 is 11.1 Å². The lowest BCUT2D eigenvalue weighted by molar-refractivity contribution is -0.123. The summed E-state index contributed by atoms with van der Waals surface area (Å²) in [5.41, 5.74) is 3.87. The molecule has 0 aromatic carbocycles. The molecule has 0 aromatic heterocycles. The standard InChI is InChI=1S/C12H24N2O2/c1-11(2,10(13)15)14-9-12(16)7-5-3-4-6-8-12/h14,16H,3-9H2,1-2H3,(H2,13,15). The van der Waals surface area contributed by atoms with E-state index in [1.54, 1.807) is 13.8 Å². The van der Waals surface area contributed by atoms with Crippen LogP contribution in [0.15, 0.2) is 0 Å². The van der Waals surface area contributed by atoms with Gasteiger partial charge in [0, 0.05) is 6.54 Å². The van der Waals surface area contributed by atoms with E-state index in [4.69, 9.17) is 5.73 Å². The Morgan fingerprint density at radius 3 is 2.25 bits per heavy atom. The number of carbonyl (C=O) groups excluding carboxylic acids is 1. The molecule has 0 radical (unpaired) electrons. The smallest absolute Gasteiger partial charge is 0.237 e. The summed E-state index contributed by atoms with van der Waals surface area (Å²) in [5.74, 6) is -0.385. The van der Waals surface area contributed by atoms with E-state index < -0.39 is 11.1 Å². The van der Waals surface area contributed by atoms with E-state index in [1.165, 1.54) is 12.8 Å². The number of aliphatic hydroxyl groups is 1. The second-order valence-electron chi connectivity index (χ2n) is 5.48. The molecule has 1 saturated carbocycles. The quantitative estimate of drug-likeness (QED) is 0.626. The molecule has 0 spiro atoms. The normalized spacial score (nSPS) is 21.4. The van der Waals surface area contributed by atoms with Gasteiger partial charge in [0.05, 0.1) is 11.1 Å². The van der Waals surface area contributed by atoms with Gasteiger partial charge in [0.15, 0.2) is 0 Å². The summed E-state index contributed by atoms with van der Waals surface area (Å²) >= 11 is 0. The topological polar surface area (TPSA) is 75.3 Å². The van der Waals surface area contributed by atoms with Crippen molar-refractivity contribution in [1.29, 1.82) is 0 Å². The number of amides is 1. The van der Waals surface area contributed by atoms with Crippen LogP contribution in [0.3, 0.4) is 0 Å². The molecule has 1 aliphatic rings. The van der Waals surface area contributed by atoms with E-state index in [0.717, 1.165) is 25.7 Å². The van der Waals surface area contributed by atoms with Crippen LogP contribution in [0.25, 0.3) is 0 Å². The monoisotopic (exact) mass is 228 g/mol. The van der Waals surface area contributed by atoms with E-state index in [-0.39, 0.29) is 5.91 Å². The summed E-state index contributed by atoms with van der Waals surface area (Å²) in [6, 6.07) is 0. The van der Waals surface area contributed by atoms with Crippen molar-refractivity contribution in [2.45, 2.75) is 63.5 Å². The Balaban J connectivity index is 2.49. The lowest BCUT2D eigenvalue weighted by Crippen LogP contribution is -2.55. The van der Waals surface area contributed by atoms with Gasteiger partial charge in [0.25, 0.3) is 0 Å². The molecule has 1 amide bonds. The molecular weight excluding hydrogens is 204 g/mol. The van der Waals surface area contributed by atoms with Crippen LogP contribution >= 0.6 is 0 Å². The van der Waals surface area contributed by atoms with Crippen molar-refractivity contribution in [2.24, 2.45) is 5.73 Å². The van der Waals surface area contributed by atoms with Crippen molar-refractivity contribution >= 4 is 5.91 Å². The summed E-state index contributed by atoms with van der Waals surface area (Å²) in [7, 11) is 0. The Labute approximate surface area is 97.6 Å². The predicted octanol–water partition coefficient (Wildman–Crippen LogP) is 0.925. The molecule has 4 nitrogen and oxygen atoms in total. The molecule has 4 N–H and O–H groups in total. The molecule has 0 unspecified atom stereocenters. The van der Waals surface area contributed by atoms with Gasteiger partial charge in [-0.1, -0.05) is 25.7 Å². The maximum Gasteiger partial charge on any atom is 0.237 e. The Bertz CT molecular complexity index is 243. The fourth-order valence-corrected chi connectivity index (χ4v) is 2.04. The van der Waals surface area contributed by atoms with Gasteiger partial charge >= 0.3 is 0 Å². The SMILES string of the molecule is CC(C)(NCC1(O)CCCCCC1)C(N)=O. The summed E-state index contributed by atoms with van der Waals surface area (Å²) in [5, 5.41) is 13.5. The van der Waals surface area contributed by atoms with E-state index >= 15 is 0 Å². The zero-order valence-electron chi connectivity index (χ0n) is 10.4. The summed E-state index contributed by atoms with van der Waals surface area (Å²) < 4.78 is 0. The van der Waals surface area contributed by atoms with Gasteiger partial charge < -0.3 is 16.2 Å². The highest BCUT2D eigenvalue weighted by Gasteiger charge is 2.32. The molecule has 0 aromatic rings. The highest BCUT2D eigenvalue weighted by molar-refractivity contribution is 5.83. The molecule has 1 aliphatic carbocycles. The van der Waals surface area contributed by atoms with Crippen LogP contribution in [0.1, 0.15) is 52.4 Å². The number of primary amides is 1. The van der Waals surface area contributed by atoms with Crippen LogP contribution in [-0.2, 0) is 4.79 Å². The lowest BCUT2D eigenvalue weighted by atomic mass is 9.93. The van der Waals surface area contributed by atoms with Crippen LogP contribution in [0, 0.1) is 0 Å². The number of β-amino-alcohol motifs (C(OH)–C–C–N with tert-alkyl or cyclic N) is 1. The first kappa shape index (κ1) is 13.5. The zero-order chi connectivity index (χ0) is 12.2. The Morgan fingerprint density at radius 2 is 1.81 bits per heavy atom. The van der Waals surface area contributed by atoms with Crippen molar-refractivity contribution in [1.82, 2.24) is 5.32 Å². The van der Waals surface area contributed by atoms with E-state index in [2.05, 4.69) is 5.32 Å². The number of nitrogens with two attached hydrogens (primary N) is 1. The molecule has 94 valence electrons. The molecule has 16 heavy (non-hydrogen) atoms. The minimum absolute atomic E-state index is 0.385. The third-order valence-corrected chi connectivity index (χ3v) is 3.51. The average molecular weight is 228 g/mol. The number of hydrogen-bond donors (Lipinski definition) is 3. The van der Waals surface area contributed by atoms with E-state index in [0.29, 0.717) is 6.54 Å². The van der Waals surface area contributed by atoms with Gasteiger partial charge in [-0.15, -0.1) is 0 Å². The average Bonchev–Trinajstić information content (AvgIpc) is 2.41. The first-order chi connectivity index (χ1) is 7.36. The van der Waals surface area contributed by atoms with Gasteiger partial charge in [-0.25, -0.2) is 0 Å². The number of nitrogens with one attached hydrogen (secondary N) is 1. The summed E-state index contributed by atoms with van der Waals surface area (Å²) in [4.78, 5) is 11.1. The van der Waals surface area contributed by atoms with Crippen molar-refractivity contribution < 1.29 is 9.90 Å². The summed E-state index contributed by atoms with van der Waals surface area (Å²) in [6.07, 6.45) is 6.15. The second-order valence-corrected chi connectivity index (χ2v) is 5.48. The number of carbonyl (C=O) groups is 1. The van der Waals surface area contributed by atoms with Gasteiger partial charge in [-0.05, 0) is 26.7 Å². The minimum Gasteiger partial charge on any atom is -0.389 e. The van der Waals surface area contributed by atoms with Crippen molar-refractivity contribution in [3.8, 4) is 0 Å². The maximum atomic E-state index is 11.1. The number of rotatable bonds is 4. The maximum absolute atomic E-state index is 11.1. The third-order valence-electron chi connectivity index (χ3n) is 3.51. The van der Waals surface area contributed by atoms with Crippen LogP contribution in [0.5, 0.6) is 0 Å². The zero-order valence-corrected chi connectivity index (χ0v) is 10.4. The predicted molar refractivity (Wildman–Crippen MR) is 63.9 cm³/mol. The fraction of sp³-hybridized carbons (Fsp3) is 0.917. The first-order valence-electron chi connectivity index (χ1n) is 6.13. The van der Waals surface area contributed by atoms with Crippen molar-refractivity contribution in [3.05, 3.63) is 0 Å². The highest BCUT2D eigenvalue weighted by atomic mass is 16.3. The Hall–Kier alpha value is -0.610.